The minimum Gasteiger partial charge on any atom is -0.328 e. The molecule has 6 nitrogen and oxygen atoms in total. The van der Waals surface area contributed by atoms with Crippen LogP contribution in [0.2, 0.25) is 0 Å². The number of amides is 2. The van der Waals surface area contributed by atoms with Crippen LogP contribution in [-0.4, -0.2) is 41.3 Å². The molecular formula is C19H21N3O3. The third-order valence-electron chi connectivity index (χ3n) is 4.31. The largest absolute Gasteiger partial charge is 0.328 e. The van der Waals surface area contributed by atoms with Gasteiger partial charge in [-0.2, -0.15) is 0 Å². The van der Waals surface area contributed by atoms with Crippen LogP contribution >= 0.6 is 0 Å². The van der Waals surface area contributed by atoms with Crippen molar-refractivity contribution in [2.75, 3.05) is 24.5 Å². The van der Waals surface area contributed by atoms with Gasteiger partial charge in [0.25, 0.3) is 5.91 Å². The molecule has 1 aliphatic rings. The summed E-state index contributed by atoms with van der Waals surface area (Å²) in [6.07, 6.45) is 0. The summed E-state index contributed by atoms with van der Waals surface area (Å²) in [5.41, 5.74) is 1.57. The number of carbonyl (C=O) groups excluding carboxylic acids is 2. The van der Waals surface area contributed by atoms with E-state index < -0.39 is 0 Å². The Kier molecular flexibility index (Phi) is 4.70. The van der Waals surface area contributed by atoms with Crippen molar-refractivity contribution in [3.63, 3.8) is 0 Å². The van der Waals surface area contributed by atoms with E-state index in [0.29, 0.717) is 24.3 Å². The summed E-state index contributed by atoms with van der Waals surface area (Å²) in [5.74, 6) is -0.300. The average molecular weight is 339 g/mol. The topological polar surface area (TPSA) is 73.5 Å². The van der Waals surface area contributed by atoms with Crippen LogP contribution in [0.5, 0.6) is 0 Å². The monoisotopic (exact) mass is 339 g/mol. The van der Waals surface area contributed by atoms with E-state index >= 15 is 0 Å². The second-order valence-corrected chi connectivity index (χ2v) is 6.45. The van der Waals surface area contributed by atoms with Crippen LogP contribution in [0.25, 0.3) is 0 Å². The molecule has 0 atom stereocenters. The molecule has 0 radical (unpaired) electrons. The van der Waals surface area contributed by atoms with Crippen molar-refractivity contribution in [1.82, 2.24) is 9.88 Å². The standard InChI is InChI=1S/C19H21N3O3/c1-13(2)16-10-14(11-17(23)20-16)19(25)21-8-9-22(18(24)12-21)15-6-4-3-5-7-15/h3-7,10-11,13H,8-9,12H2,1-2H3,(H,20,23). The molecule has 2 heterocycles. The van der Waals surface area contributed by atoms with Crippen LogP contribution in [-0.2, 0) is 4.79 Å². The zero-order chi connectivity index (χ0) is 18.0. The third-order valence-corrected chi connectivity index (χ3v) is 4.31. The number of rotatable bonds is 3. The number of para-hydroxylation sites is 1. The van der Waals surface area contributed by atoms with Crippen LogP contribution in [0.15, 0.2) is 47.3 Å². The Bertz CT molecular complexity index is 842. The normalized spacial score (nSPS) is 14.9. The first kappa shape index (κ1) is 17.0. The van der Waals surface area contributed by atoms with E-state index in [-0.39, 0.29) is 29.8 Å². The first-order valence-electron chi connectivity index (χ1n) is 8.34. The van der Waals surface area contributed by atoms with E-state index in [4.69, 9.17) is 0 Å². The number of nitrogens with zero attached hydrogens (tertiary/aromatic N) is 2. The summed E-state index contributed by atoms with van der Waals surface area (Å²) in [7, 11) is 0. The molecule has 1 fully saturated rings. The third kappa shape index (κ3) is 3.63. The average Bonchev–Trinajstić information content (AvgIpc) is 2.61. The van der Waals surface area contributed by atoms with Gasteiger partial charge in [-0.05, 0) is 24.1 Å². The van der Waals surface area contributed by atoms with Gasteiger partial charge in [-0.25, -0.2) is 0 Å². The zero-order valence-corrected chi connectivity index (χ0v) is 14.4. The van der Waals surface area contributed by atoms with Crippen LogP contribution in [0.1, 0.15) is 35.8 Å². The molecule has 0 bridgehead atoms. The Hall–Kier alpha value is -2.89. The van der Waals surface area contributed by atoms with Gasteiger partial charge in [0.15, 0.2) is 0 Å². The summed E-state index contributed by atoms with van der Waals surface area (Å²) in [4.78, 5) is 42.9. The molecule has 2 amide bonds. The van der Waals surface area contributed by atoms with Gasteiger partial charge in [0.05, 0.1) is 0 Å². The number of aromatic amines is 1. The van der Waals surface area contributed by atoms with Crippen molar-refractivity contribution in [2.24, 2.45) is 0 Å². The number of aromatic nitrogens is 1. The van der Waals surface area contributed by atoms with Gasteiger partial charge in [0, 0.05) is 36.1 Å². The van der Waals surface area contributed by atoms with Crippen molar-refractivity contribution in [1.29, 1.82) is 0 Å². The smallest absolute Gasteiger partial charge is 0.254 e. The summed E-state index contributed by atoms with van der Waals surface area (Å²) in [6, 6.07) is 12.4. The maximum absolute atomic E-state index is 12.7. The maximum atomic E-state index is 12.7. The molecular weight excluding hydrogens is 318 g/mol. The minimum absolute atomic E-state index is 0.0114. The van der Waals surface area contributed by atoms with Gasteiger partial charge in [0.2, 0.25) is 11.5 Å². The van der Waals surface area contributed by atoms with Gasteiger partial charge < -0.3 is 14.8 Å². The molecule has 1 aromatic carbocycles. The molecule has 0 saturated carbocycles. The number of carbonyl (C=O) groups is 2. The fourth-order valence-corrected chi connectivity index (χ4v) is 2.91. The molecule has 1 N–H and O–H groups in total. The Labute approximate surface area is 146 Å². The Morgan fingerprint density at radius 1 is 1.08 bits per heavy atom. The zero-order valence-electron chi connectivity index (χ0n) is 14.4. The number of benzene rings is 1. The van der Waals surface area contributed by atoms with E-state index in [9.17, 15) is 14.4 Å². The number of hydrogen-bond donors (Lipinski definition) is 1. The highest BCUT2D eigenvalue weighted by molar-refractivity contribution is 6.01. The number of H-pyrrole nitrogens is 1. The van der Waals surface area contributed by atoms with E-state index in [1.165, 1.54) is 11.0 Å². The molecule has 3 rings (SSSR count). The van der Waals surface area contributed by atoms with Crippen molar-refractivity contribution in [3.05, 3.63) is 64.1 Å². The van der Waals surface area contributed by atoms with Crippen LogP contribution in [0, 0.1) is 0 Å². The number of piperazine rings is 1. The first-order valence-corrected chi connectivity index (χ1v) is 8.34. The molecule has 1 aliphatic heterocycles. The van der Waals surface area contributed by atoms with E-state index in [2.05, 4.69) is 4.98 Å². The summed E-state index contributed by atoms with van der Waals surface area (Å²) in [6.45, 7) is 4.78. The van der Waals surface area contributed by atoms with E-state index in [1.807, 2.05) is 44.2 Å². The van der Waals surface area contributed by atoms with Gasteiger partial charge in [-0.1, -0.05) is 32.0 Å². The molecule has 6 heteroatoms. The fourth-order valence-electron chi connectivity index (χ4n) is 2.91. The second kappa shape index (κ2) is 6.93. The van der Waals surface area contributed by atoms with Crippen molar-refractivity contribution >= 4 is 17.5 Å². The maximum Gasteiger partial charge on any atom is 0.254 e. The van der Waals surface area contributed by atoms with Gasteiger partial charge >= 0.3 is 0 Å². The Morgan fingerprint density at radius 2 is 1.80 bits per heavy atom. The van der Waals surface area contributed by atoms with Gasteiger partial charge in [-0.3, -0.25) is 14.4 Å². The molecule has 2 aromatic rings. The summed E-state index contributed by atoms with van der Waals surface area (Å²) in [5, 5.41) is 0. The lowest BCUT2D eigenvalue weighted by atomic mass is 10.1. The summed E-state index contributed by atoms with van der Waals surface area (Å²) >= 11 is 0. The van der Waals surface area contributed by atoms with Crippen molar-refractivity contribution in [2.45, 2.75) is 19.8 Å². The number of hydrogen-bond acceptors (Lipinski definition) is 3. The minimum atomic E-state index is -0.302. The lowest BCUT2D eigenvalue weighted by Crippen LogP contribution is -2.52. The lowest BCUT2D eigenvalue weighted by Gasteiger charge is -2.34. The number of nitrogens with one attached hydrogen (secondary N) is 1. The quantitative estimate of drug-likeness (QED) is 0.929. The second-order valence-electron chi connectivity index (χ2n) is 6.45. The predicted molar refractivity (Wildman–Crippen MR) is 95.9 cm³/mol. The molecule has 0 unspecified atom stereocenters. The number of pyridine rings is 1. The molecule has 0 aliphatic carbocycles. The fraction of sp³-hybridized carbons (Fsp3) is 0.316. The number of anilines is 1. The van der Waals surface area contributed by atoms with Gasteiger partial charge in [0.1, 0.15) is 6.54 Å². The highest BCUT2D eigenvalue weighted by Crippen LogP contribution is 2.18. The highest BCUT2D eigenvalue weighted by Gasteiger charge is 2.28. The van der Waals surface area contributed by atoms with Gasteiger partial charge in [-0.15, -0.1) is 0 Å². The molecule has 25 heavy (non-hydrogen) atoms. The van der Waals surface area contributed by atoms with E-state index in [1.54, 1.807) is 11.0 Å². The summed E-state index contributed by atoms with van der Waals surface area (Å²) < 4.78 is 0. The van der Waals surface area contributed by atoms with E-state index in [0.717, 1.165) is 5.69 Å². The molecule has 1 aromatic heterocycles. The molecule has 130 valence electrons. The predicted octanol–water partition coefficient (Wildman–Crippen LogP) is 1.99. The first-order chi connectivity index (χ1) is 12.0. The Morgan fingerprint density at radius 3 is 2.44 bits per heavy atom. The van der Waals surface area contributed by atoms with Crippen LogP contribution in [0.3, 0.4) is 0 Å². The highest BCUT2D eigenvalue weighted by atomic mass is 16.2. The molecule has 0 spiro atoms. The SMILES string of the molecule is CC(C)c1cc(C(=O)N2CCN(c3ccccc3)C(=O)C2)cc(=O)[nH]1. The van der Waals surface area contributed by atoms with Crippen LogP contribution < -0.4 is 10.5 Å². The Balaban J connectivity index is 1.77. The van der Waals surface area contributed by atoms with Crippen molar-refractivity contribution in [3.8, 4) is 0 Å². The van der Waals surface area contributed by atoms with Crippen molar-refractivity contribution < 1.29 is 9.59 Å². The molecule has 1 saturated heterocycles. The van der Waals surface area contributed by atoms with Crippen LogP contribution in [0.4, 0.5) is 5.69 Å². The lowest BCUT2D eigenvalue weighted by molar-refractivity contribution is -0.120.